The van der Waals surface area contributed by atoms with Gasteiger partial charge in [0.1, 0.15) is 6.04 Å². The summed E-state index contributed by atoms with van der Waals surface area (Å²) in [6.07, 6.45) is 1.57. The first-order valence-electron chi connectivity index (χ1n) is 8.16. The highest BCUT2D eigenvalue weighted by Crippen LogP contribution is 2.22. The second kappa shape index (κ2) is 7.68. The standard InChI is InChI=1S/C19H19ClN2O3/c20-16-8-2-1-7-15(16)18(23)21-14-6-3-5-13(11-14)12-22-10-4-9-17(22)19(24)25/h1-3,5-8,11,17H,4,9-10,12H2,(H,21,23)(H,24,25)/t17-/m1/s1. The van der Waals surface area contributed by atoms with E-state index in [4.69, 9.17) is 11.6 Å². The van der Waals surface area contributed by atoms with Crippen LogP contribution in [0.25, 0.3) is 0 Å². The molecule has 1 saturated heterocycles. The molecule has 3 rings (SSSR count). The average molecular weight is 359 g/mol. The molecule has 25 heavy (non-hydrogen) atoms. The molecule has 1 aliphatic rings. The number of nitrogens with zero attached hydrogens (tertiary/aromatic N) is 1. The fourth-order valence-electron chi connectivity index (χ4n) is 3.12. The van der Waals surface area contributed by atoms with Crippen molar-refractivity contribution in [3.05, 3.63) is 64.7 Å². The van der Waals surface area contributed by atoms with E-state index in [9.17, 15) is 14.7 Å². The van der Waals surface area contributed by atoms with Crippen molar-refractivity contribution in [1.82, 2.24) is 4.90 Å². The lowest BCUT2D eigenvalue weighted by atomic mass is 10.1. The molecule has 0 radical (unpaired) electrons. The summed E-state index contributed by atoms with van der Waals surface area (Å²) in [6.45, 7) is 1.32. The number of carbonyl (C=O) groups is 2. The third kappa shape index (κ3) is 4.18. The summed E-state index contributed by atoms with van der Waals surface area (Å²) < 4.78 is 0. The number of amides is 1. The van der Waals surface area contributed by atoms with Crippen molar-refractivity contribution in [1.29, 1.82) is 0 Å². The number of nitrogens with one attached hydrogen (secondary N) is 1. The second-order valence-electron chi connectivity index (χ2n) is 6.10. The van der Waals surface area contributed by atoms with Crippen molar-refractivity contribution in [2.24, 2.45) is 0 Å². The van der Waals surface area contributed by atoms with Crippen LogP contribution in [0.4, 0.5) is 5.69 Å². The number of likely N-dealkylation sites (tertiary alicyclic amines) is 1. The van der Waals surface area contributed by atoms with Gasteiger partial charge in [-0.05, 0) is 49.2 Å². The first-order valence-corrected chi connectivity index (χ1v) is 8.54. The molecule has 1 aliphatic heterocycles. The number of hydrogen-bond acceptors (Lipinski definition) is 3. The van der Waals surface area contributed by atoms with Crippen molar-refractivity contribution in [3.63, 3.8) is 0 Å². The largest absolute Gasteiger partial charge is 0.480 e. The summed E-state index contributed by atoms with van der Waals surface area (Å²) in [5.41, 5.74) is 2.04. The van der Waals surface area contributed by atoms with Gasteiger partial charge >= 0.3 is 5.97 Å². The Labute approximate surface area is 151 Å². The zero-order chi connectivity index (χ0) is 17.8. The van der Waals surface area contributed by atoms with E-state index in [0.29, 0.717) is 29.2 Å². The molecule has 1 heterocycles. The molecule has 0 aliphatic carbocycles. The fourth-order valence-corrected chi connectivity index (χ4v) is 3.34. The molecule has 0 bridgehead atoms. The first-order chi connectivity index (χ1) is 12.0. The van der Waals surface area contributed by atoms with Crippen LogP contribution in [-0.4, -0.2) is 34.5 Å². The molecule has 0 saturated carbocycles. The number of hydrogen-bond donors (Lipinski definition) is 2. The van der Waals surface area contributed by atoms with E-state index in [1.54, 1.807) is 30.3 Å². The van der Waals surface area contributed by atoms with Crippen LogP contribution in [0.15, 0.2) is 48.5 Å². The molecular formula is C19H19ClN2O3. The Morgan fingerprint density at radius 2 is 2.00 bits per heavy atom. The third-order valence-corrected chi connectivity index (χ3v) is 4.67. The zero-order valence-corrected chi connectivity index (χ0v) is 14.4. The average Bonchev–Trinajstić information content (AvgIpc) is 3.04. The number of benzene rings is 2. The number of rotatable bonds is 5. The smallest absolute Gasteiger partial charge is 0.320 e. The van der Waals surface area contributed by atoms with Crippen LogP contribution in [0, 0.1) is 0 Å². The van der Waals surface area contributed by atoms with Crippen molar-refractivity contribution in [3.8, 4) is 0 Å². The van der Waals surface area contributed by atoms with Crippen molar-refractivity contribution >= 4 is 29.2 Å². The minimum Gasteiger partial charge on any atom is -0.480 e. The van der Waals surface area contributed by atoms with Gasteiger partial charge in [-0.3, -0.25) is 14.5 Å². The Balaban J connectivity index is 1.70. The van der Waals surface area contributed by atoms with Crippen LogP contribution in [0.1, 0.15) is 28.8 Å². The Hall–Kier alpha value is -2.37. The maximum Gasteiger partial charge on any atom is 0.320 e. The van der Waals surface area contributed by atoms with Crippen molar-refractivity contribution in [2.75, 3.05) is 11.9 Å². The number of aliphatic carboxylic acids is 1. The van der Waals surface area contributed by atoms with Crippen LogP contribution in [0.5, 0.6) is 0 Å². The van der Waals surface area contributed by atoms with E-state index in [2.05, 4.69) is 5.32 Å². The van der Waals surface area contributed by atoms with Crippen molar-refractivity contribution in [2.45, 2.75) is 25.4 Å². The number of carboxylic acids is 1. The van der Waals surface area contributed by atoms with Gasteiger partial charge < -0.3 is 10.4 Å². The molecule has 2 aromatic rings. The van der Waals surface area contributed by atoms with Gasteiger partial charge in [-0.25, -0.2) is 0 Å². The number of halogens is 1. The van der Waals surface area contributed by atoms with Gasteiger partial charge in [0.25, 0.3) is 5.91 Å². The van der Waals surface area contributed by atoms with E-state index in [1.807, 2.05) is 23.1 Å². The molecule has 1 atom stereocenters. The van der Waals surface area contributed by atoms with E-state index >= 15 is 0 Å². The molecular weight excluding hydrogens is 340 g/mol. The summed E-state index contributed by atoms with van der Waals surface area (Å²) in [4.78, 5) is 25.6. The molecule has 1 fully saturated rings. The molecule has 5 nitrogen and oxygen atoms in total. The predicted octanol–water partition coefficient (Wildman–Crippen LogP) is 3.64. The monoisotopic (exact) mass is 358 g/mol. The normalized spacial score (nSPS) is 17.4. The van der Waals surface area contributed by atoms with E-state index in [0.717, 1.165) is 18.5 Å². The summed E-state index contributed by atoms with van der Waals surface area (Å²) in [7, 11) is 0. The fraction of sp³-hybridized carbons (Fsp3) is 0.263. The van der Waals surface area contributed by atoms with E-state index in [-0.39, 0.29) is 5.91 Å². The highest BCUT2D eigenvalue weighted by atomic mass is 35.5. The Morgan fingerprint density at radius 3 is 2.76 bits per heavy atom. The first kappa shape index (κ1) is 17.5. The SMILES string of the molecule is O=C(Nc1cccc(CN2CCC[C@@H]2C(=O)O)c1)c1ccccc1Cl. The second-order valence-corrected chi connectivity index (χ2v) is 6.51. The van der Waals surface area contributed by atoms with Gasteiger partial charge in [0.2, 0.25) is 0 Å². The van der Waals surface area contributed by atoms with Gasteiger partial charge in [0.05, 0.1) is 10.6 Å². The van der Waals surface area contributed by atoms with Crippen molar-refractivity contribution < 1.29 is 14.7 Å². The van der Waals surface area contributed by atoms with Gasteiger partial charge in [-0.15, -0.1) is 0 Å². The lowest BCUT2D eigenvalue weighted by Gasteiger charge is -2.21. The lowest BCUT2D eigenvalue weighted by molar-refractivity contribution is -0.142. The van der Waals surface area contributed by atoms with Gasteiger partial charge in [-0.1, -0.05) is 35.9 Å². The van der Waals surface area contributed by atoms with Crippen LogP contribution in [0.2, 0.25) is 5.02 Å². The molecule has 2 aromatic carbocycles. The molecule has 130 valence electrons. The van der Waals surface area contributed by atoms with E-state index in [1.165, 1.54) is 0 Å². The highest BCUT2D eigenvalue weighted by Gasteiger charge is 2.30. The van der Waals surface area contributed by atoms with Gasteiger partial charge in [-0.2, -0.15) is 0 Å². The molecule has 0 spiro atoms. The quantitative estimate of drug-likeness (QED) is 0.856. The summed E-state index contributed by atoms with van der Waals surface area (Å²) in [6, 6.07) is 13.9. The Bertz CT molecular complexity index is 794. The highest BCUT2D eigenvalue weighted by molar-refractivity contribution is 6.34. The Kier molecular flexibility index (Phi) is 5.36. The van der Waals surface area contributed by atoms with E-state index < -0.39 is 12.0 Å². The minimum atomic E-state index is -0.777. The lowest BCUT2D eigenvalue weighted by Crippen LogP contribution is -2.35. The number of carboxylic acid groups (broad SMARTS) is 1. The molecule has 0 aromatic heterocycles. The maximum absolute atomic E-state index is 12.3. The van der Waals surface area contributed by atoms with Crippen LogP contribution in [-0.2, 0) is 11.3 Å². The summed E-state index contributed by atoms with van der Waals surface area (Å²) in [5.74, 6) is -1.05. The summed E-state index contributed by atoms with van der Waals surface area (Å²) in [5, 5.41) is 12.5. The van der Waals surface area contributed by atoms with Gasteiger partial charge in [0.15, 0.2) is 0 Å². The molecule has 2 N–H and O–H groups in total. The topological polar surface area (TPSA) is 69.6 Å². The molecule has 0 unspecified atom stereocenters. The third-order valence-electron chi connectivity index (χ3n) is 4.34. The number of anilines is 1. The number of carbonyl (C=O) groups excluding carboxylic acids is 1. The zero-order valence-electron chi connectivity index (χ0n) is 13.6. The predicted molar refractivity (Wildman–Crippen MR) is 96.9 cm³/mol. The minimum absolute atomic E-state index is 0.271. The van der Waals surface area contributed by atoms with Crippen LogP contribution >= 0.6 is 11.6 Å². The Morgan fingerprint density at radius 1 is 1.20 bits per heavy atom. The summed E-state index contributed by atoms with van der Waals surface area (Å²) >= 11 is 6.05. The van der Waals surface area contributed by atoms with Crippen LogP contribution in [0.3, 0.4) is 0 Å². The molecule has 6 heteroatoms. The molecule has 1 amide bonds. The van der Waals surface area contributed by atoms with Gasteiger partial charge in [0, 0.05) is 12.2 Å². The maximum atomic E-state index is 12.3. The van der Waals surface area contributed by atoms with Crippen LogP contribution < -0.4 is 5.32 Å².